The first-order chi connectivity index (χ1) is 12.6. The molecule has 3 aromatic rings. The Morgan fingerprint density at radius 3 is 2.96 bits per heavy atom. The molecule has 0 saturated heterocycles. The van der Waals surface area contributed by atoms with Gasteiger partial charge >= 0.3 is 0 Å². The molecule has 134 valence electrons. The number of methoxy groups -OCH3 is 1. The van der Waals surface area contributed by atoms with Gasteiger partial charge in [-0.05, 0) is 55.0 Å². The van der Waals surface area contributed by atoms with E-state index in [0.29, 0.717) is 27.6 Å². The molecule has 0 amide bonds. The Bertz CT molecular complexity index is 1080. The number of hydrogen-bond acceptors (Lipinski definition) is 5. The summed E-state index contributed by atoms with van der Waals surface area (Å²) in [5.74, 6) is 0.738. The Kier molecular flexibility index (Phi) is 4.46. The summed E-state index contributed by atoms with van der Waals surface area (Å²) >= 11 is 7.97. The Labute approximate surface area is 158 Å². The topological polar surface area (TPSA) is 75.2 Å². The zero-order valence-corrected chi connectivity index (χ0v) is 15.7. The summed E-state index contributed by atoms with van der Waals surface area (Å²) in [5, 5.41) is 10.9. The molecule has 1 aromatic carbocycles. The van der Waals surface area contributed by atoms with E-state index in [1.807, 2.05) is 0 Å². The molecule has 0 saturated carbocycles. The normalized spacial score (nSPS) is 14.5. The van der Waals surface area contributed by atoms with E-state index in [2.05, 4.69) is 9.97 Å². The summed E-state index contributed by atoms with van der Waals surface area (Å²) in [7, 11) is 1.49. The number of nitrogens with one attached hydrogen (secondary N) is 1. The van der Waals surface area contributed by atoms with Crippen LogP contribution in [0, 0.1) is 0 Å². The molecule has 1 aliphatic rings. The van der Waals surface area contributed by atoms with Crippen LogP contribution in [0.2, 0.25) is 0 Å². The number of halogens is 1. The van der Waals surface area contributed by atoms with Crippen LogP contribution in [-0.2, 0) is 12.8 Å². The molecule has 2 heterocycles. The number of phenols is 1. The van der Waals surface area contributed by atoms with Crippen LogP contribution in [0.5, 0.6) is 11.5 Å². The van der Waals surface area contributed by atoms with Crippen LogP contribution < -0.4 is 10.3 Å². The highest BCUT2D eigenvalue weighted by atomic mass is 35.5. The minimum absolute atomic E-state index is 0.0218. The van der Waals surface area contributed by atoms with Crippen molar-refractivity contribution in [3.8, 4) is 11.5 Å². The maximum Gasteiger partial charge on any atom is 0.260 e. The fraction of sp³-hybridized carbons (Fsp3) is 0.263. The molecule has 26 heavy (non-hydrogen) atoms. The maximum absolute atomic E-state index is 12.6. The number of aryl methyl sites for hydroxylation is 2. The number of fused-ring (bicyclic) bond motifs is 3. The molecular formula is C19H17ClN2O3S. The second-order valence-electron chi connectivity index (χ2n) is 6.23. The number of nitrogens with zero attached hydrogens (tertiary/aromatic N) is 1. The summed E-state index contributed by atoms with van der Waals surface area (Å²) in [6.07, 6.45) is 5.88. The Morgan fingerprint density at radius 1 is 1.38 bits per heavy atom. The maximum atomic E-state index is 12.6. The predicted octanol–water partition coefficient (Wildman–Crippen LogP) is 4.31. The molecule has 1 aliphatic carbocycles. The zero-order valence-electron chi connectivity index (χ0n) is 14.1. The number of ether oxygens (including phenoxy) is 1. The molecule has 7 heteroatoms. The summed E-state index contributed by atoms with van der Waals surface area (Å²) < 4.78 is 5.03. The van der Waals surface area contributed by atoms with Crippen molar-refractivity contribution in [2.75, 3.05) is 7.11 Å². The van der Waals surface area contributed by atoms with Gasteiger partial charge in [0.15, 0.2) is 17.3 Å². The lowest BCUT2D eigenvalue weighted by Gasteiger charge is -2.09. The molecule has 0 unspecified atom stereocenters. The highest BCUT2D eigenvalue weighted by Crippen LogP contribution is 2.34. The second-order valence-corrected chi connectivity index (χ2v) is 7.72. The molecule has 5 nitrogen and oxygen atoms in total. The van der Waals surface area contributed by atoms with Crippen molar-refractivity contribution in [3.63, 3.8) is 0 Å². The number of rotatable bonds is 3. The van der Waals surface area contributed by atoms with E-state index >= 15 is 0 Å². The first-order valence-corrected chi connectivity index (χ1v) is 9.55. The number of benzene rings is 1. The molecular weight excluding hydrogens is 372 g/mol. The fourth-order valence-corrected chi connectivity index (χ4v) is 4.77. The molecule has 0 fully saturated rings. The van der Waals surface area contributed by atoms with E-state index in [9.17, 15) is 9.90 Å². The lowest BCUT2D eigenvalue weighted by molar-refractivity contribution is 0.373. The van der Waals surface area contributed by atoms with E-state index < -0.39 is 0 Å². The summed E-state index contributed by atoms with van der Waals surface area (Å²) in [4.78, 5) is 22.0. The molecule has 0 radical (unpaired) electrons. The van der Waals surface area contributed by atoms with Gasteiger partial charge in [0.25, 0.3) is 5.56 Å². The molecule has 2 N–H and O–H groups in total. The minimum Gasteiger partial charge on any atom is -0.504 e. The number of hydrogen-bond donors (Lipinski definition) is 2. The van der Waals surface area contributed by atoms with Gasteiger partial charge in [0.05, 0.1) is 17.5 Å². The molecule has 0 atom stereocenters. The average molecular weight is 389 g/mol. The van der Waals surface area contributed by atoms with Gasteiger partial charge in [-0.25, -0.2) is 4.98 Å². The second kappa shape index (κ2) is 6.78. The lowest BCUT2D eigenvalue weighted by atomic mass is 9.97. The third kappa shape index (κ3) is 2.99. The van der Waals surface area contributed by atoms with Gasteiger partial charge in [-0.3, -0.25) is 4.79 Å². The summed E-state index contributed by atoms with van der Waals surface area (Å²) in [6.45, 7) is 0. The Hall–Kier alpha value is -2.31. The van der Waals surface area contributed by atoms with Crippen LogP contribution >= 0.6 is 22.9 Å². The first kappa shape index (κ1) is 17.1. The third-order valence-electron chi connectivity index (χ3n) is 4.55. The van der Waals surface area contributed by atoms with Crippen molar-refractivity contribution in [3.05, 3.63) is 50.4 Å². The van der Waals surface area contributed by atoms with Crippen molar-refractivity contribution in [2.45, 2.75) is 25.7 Å². The molecule has 4 rings (SSSR count). The quantitative estimate of drug-likeness (QED) is 0.700. The van der Waals surface area contributed by atoms with E-state index in [1.54, 1.807) is 35.6 Å². The van der Waals surface area contributed by atoms with Gasteiger partial charge in [0.1, 0.15) is 4.83 Å². The van der Waals surface area contributed by atoms with E-state index in [1.165, 1.54) is 12.0 Å². The fourth-order valence-electron chi connectivity index (χ4n) is 3.29. The van der Waals surface area contributed by atoms with Crippen molar-refractivity contribution in [2.24, 2.45) is 0 Å². The average Bonchev–Trinajstić information content (AvgIpc) is 3.00. The van der Waals surface area contributed by atoms with Crippen LogP contribution in [0.3, 0.4) is 0 Å². The number of aromatic nitrogens is 2. The predicted molar refractivity (Wildman–Crippen MR) is 105 cm³/mol. The van der Waals surface area contributed by atoms with Gasteiger partial charge in [-0.2, -0.15) is 0 Å². The van der Waals surface area contributed by atoms with E-state index in [4.69, 9.17) is 16.3 Å². The summed E-state index contributed by atoms with van der Waals surface area (Å²) in [5.41, 5.74) is 1.69. The van der Waals surface area contributed by atoms with Crippen molar-refractivity contribution < 1.29 is 9.84 Å². The summed E-state index contributed by atoms with van der Waals surface area (Å²) in [6, 6.07) is 4.96. The van der Waals surface area contributed by atoms with Gasteiger partial charge < -0.3 is 14.8 Å². The Balaban J connectivity index is 1.76. The minimum atomic E-state index is -0.145. The van der Waals surface area contributed by atoms with Crippen molar-refractivity contribution >= 4 is 44.3 Å². The number of aromatic amines is 1. The number of thiophene rings is 1. The largest absolute Gasteiger partial charge is 0.504 e. The van der Waals surface area contributed by atoms with Gasteiger partial charge in [0.2, 0.25) is 0 Å². The van der Waals surface area contributed by atoms with Crippen LogP contribution in [0.15, 0.2) is 23.0 Å². The number of aromatic hydroxyl groups is 1. The highest BCUT2D eigenvalue weighted by molar-refractivity contribution is 7.18. The monoisotopic (exact) mass is 388 g/mol. The molecule has 0 aliphatic heterocycles. The lowest BCUT2D eigenvalue weighted by Crippen LogP contribution is -2.12. The molecule has 0 bridgehead atoms. The first-order valence-electron chi connectivity index (χ1n) is 8.36. The van der Waals surface area contributed by atoms with Crippen molar-refractivity contribution in [1.29, 1.82) is 0 Å². The SMILES string of the molecule is COc1ccc(C=C(Cl)c2nc3sc4c(c3c(=O)[nH]2)CCCC4)cc1O. The van der Waals surface area contributed by atoms with Gasteiger partial charge in [0, 0.05) is 4.88 Å². The highest BCUT2D eigenvalue weighted by Gasteiger charge is 2.20. The van der Waals surface area contributed by atoms with Gasteiger partial charge in [-0.1, -0.05) is 17.7 Å². The standard InChI is InChI=1S/C19H17ClN2O3S/c1-25-14-7-6-10(9-13(14)23)8-12(20)17-21-18(24)16-11-4-2-3-5-15(11)26-19(16)22-17/h6-9,23H,2-5H2,1H3,(H,21,22,24). The van der Waals surface area contributed by atoms with Crippen LogP contribution in [0.25, 0.3) is 21.3 Å². The zero-order chi connectivity index (χ0) is 18.3. The van der Waals surface area contributed by atoms with E-state index in [0.717, 1.165) is 36.1 Å². The van der Waals surface area contributed by atoms with Crippen molar-refractivity contribution in [1.82, 2.24) is 9.97 Å². The molecule has 2 aromatic heterocycles. The van der Waals surface area contributed by atoms with Crippen LogP contribution in [-0.4, -0.2) is 22.2 Å². The number of H-pyrrole nitrogens is 1. The third-order valence-corrected chi connectivity index (χ3v) is 6.02. The van der Waals surface area contributed by atoms with Crippen LogP contribution in [0.1, 0.15) is 34.7 Å². The smallest absolute Gasteiger partial charge is 0.260 e. The molecule has 0 spiro atoms. The Morgan fingerprint density at radius 2 is 2.19 bits per heavy atom. The van der Waals surface area contributed by atoms with Gasteiger partial charge in [-0.15, -0.1) is 11.3 Å². The number of phenolic OH excluding ortho intramolecular Hbond substituents is 1. The van der Waals surface area contributed by atoms with Crippen LogP contribution in [0.4, 0.5) is 0 Å². The van der Waals surface area contributed by atoms with E-state index in [-0.39, 0.29) is 11.3 Å².